The molecule has 0 unspecified atom stereocenters. The monoisotopic (exact) mass is 286 g/mol. The third-order valence-corrected chi connectivity index (χ3v) is 4.09. The molecule has 0 aliphatic carbocycles. The third kappa shape index (κ3) is 2.18. The van der Waals surface area contributed by atoms with Gasteiger partial charge in [-0.2, -0.15) is 5.10 Å². The molecule has 0 aliphatic heterocycles. The standard InChI is InChI=1S/C14H14N4OS/c1-3-9-5-4-6-11-12(9)16-14(20-11)17-13(19)10-7-8-15-18(10)2/h4-8H,3H2,1-2H3,(H,16,17,19). The van der Waals surface area contributed by atoms with Gasteiger partial charge in [-0.15, -0.1) is 0 Å². The minimum atomic E-state index is -0.192. The third-order valence-electron chi connectivity index (χ3n) is 3.16. The molecule has 1 aromatic carbocycles. The summed E-state index contributed by atoms with van der Waals surface area (Å²) in [6.07, 6.45) is 2.53. The summed E-state index contributed by atoms with van der Waals surface area (Å²) in [4.78, 5) is 16.6. The number of aromatic nitrogens is 3. The van der Waals surface area contributed by atoms with Gasteiger partial charge in [0.2, 0.25) is 0 Å². The van der Waals surface area contributed by atoms with Crippen LogP contribution >= 0.6 is 11.3 Å². The number of para-hydroxylation sites is 1. The fraction of sp³-hybridized carbons (Fsp3) is 0.214. The molecule has 102 valence electrons. The van der Waals surface area contributed by atoms with E-state index in [4.69, 9.17) is 0 Å². The first-order chi connectivity index (χ1) is 9.69. The Kier molecular flexibility index (Phi) is 3.23. The van der Waals surface area contributed by atoms with Crippen molar-refractivity contribution in [2.24, 2.45) is 7.05 Å². The zero-order valence-corrected chi connectivity index (χ0v) is 12.1. The van der Waals surface area contributed by atoms with Gasteiger partial charge in [0.1, 0.15) is 5.69 Å². The Bertz CT molecular complexity index is 774. The van der Waals surface area contributed by atoms with Crippen molar-refractivity contribution in [1.82, 2.24) is 14.8 Å². The highest BCUT2D eigenvalue weighted by molar-refractivity contribution is 7.22. The zero-order valence-electron chi connectivity index (χ0n) is 11.3. The Morgan fingerprint density at radius 2 is 2.25 bits per heavy atom. The van der Waals surface area contributed by atoms with Crippen molar-refractivity contribution < 1.29 is 4.79 Å². The molecule has 3 rings (SSSR count). The van der Waals surface area contributed by atoms with Crippen molar-refractivity contribution in [2.45, 2.75) is 13.3 Å². The van der Waals surface area contributed by atoms with E-state index in [9.17, 15) is 4.79 Å². The highest BCUT2D eigenvalue weighted by Crippen LogP contribution is 2.28. The number of hydrogen-bond acceptors (Lipinski definition) is 4. The van der Waals surface area contributed by atoms with Gasteiger partial charge in [-0.1, -0.05) is 30.4 Å². The molecule has 0 radical (unpaired) electrons. The van der Waals surface area contributed by atoms with E-state index in [1.165, 1.54) is 16.9 Å². The van der Waals surface area contributed by atoms with Crippen LogP contribution in [-0.4, -0.2) is 20.7 Å². The summed E-state index contributed by atoms with van der Waals surface area (Å²) < 4.78 is 2.63. The van der Waals surface area contributed by atoms with Crippen LogP contribution < -0.4 is 5.32 Å². The number of carbonyl (C=O) groups is 1. The quantitative estimate of drug-likeness (QED) is 0.805. The van der Waals surface area contributed by atoms with Crippen molar-refractivity contribution in [3.63, 3.8) is 0 Å². The highest BCUT2D eigenvalue weighted by atomic mass is 32.1. The molecular formula is C14H14N4OS. The first kappa shape index (κ1) is 12.8. The Balaban J connectivity index is 1.92. The Morgan fingerprint density at radius 3 is 2.95 bits per heavy atom. The van der Waals surface area contributed by atoms with E-state index in [1.54, 1.807) is 24.0 Å². The molecule has 0 bridgehead atoms. The van der Waals surface area contributed by atoms with Crippen molar-refractivity contribution in [3.05, 3.63) is 41.7 Å². The van der Waals surface area contributed by atoms with Crippen molar-refractivity contribution >= 4 is 32.6 Å². The maximum absolute atomic E-state index is 12.1. The van der Waals surface area contributed by atoms with Crippen LogP contribution in [0.3, 0.4) is 0 Å². The molecule has 5 nitrogen and oxygen atoms in total. The topological polar surface area (TPSA) is 59.8 Å². The number of nitrogens with one attached hydrogen (secondary N) is 1. The van der Waals surface area contributed by atoms with Crippen molar-refractivity contribution in [3.8, 4) is 0 Å². The van der Waals surface area contributed by atoms with Crippen LogP contribution in [0.25, 0.3) is 10.2 Å². The van der Waals surface area contributed by atoms with Crippen molar-refractivity contribution in [2.75, 3.05) is 5.32 Å². The lowest BCUT2D eigenvalue weighted by Crippen LogP contribution is -2.15. The summed E-state index contributed by atoms with van der Waals surface area (Å²) in [5, 5.41) is 7.44. The Morgan fingerprint density at radius 1 is 1.40 bits per heavy atom. The minimum Gasteiger partial charge on any atom is -0.296 e. The molecular weight excluding hydrogens is 272 g/mol. The smallest absolute Gasteiger partial charge is 0.275 e. The van der Waals surface area contributed by atoms with Crippen LogP contribution in [0.2, 0.25) is 0 Å². The normalized spacial score (nSPS) is 10.9. The fourth-order valence-electron chi connectivity index (χ4n) is 2.10. The van der Waals surface area contributed by atoms with Crippen LogP contribution in [0, 0.1) is 0 Å². The Hall–Kier alpha value is -2.21. The van der Waals surface area contributed by atoms with Crippen LogP contribution in [0.15, 0.2) is 30.5 Å². The van der Waals surface area contributed by atoms with Gasteiger partial charge in [0.15, 0.2) is 5.13 Å². The number of thiazole rings is 1. The maximum atomic E-state index is 12.1. The molecule has 0 spiro atoms. The largest absolute Gasteiger partial charge is 0.296 e. The number of nitrogens with zero attached hydrogens (tertiary/aromatic N) is 3. The highest BCUT2D eigenvalue weighted by Gasteiger charge is 2.13. The number of benzene rings is 1. The second-order valence-corrected chi connectivity index (χ2v) is 5.46. The number of amides is 1. The molecule has 20 heavy (non-hydrogen) atoms. The van der Waals surface area contributed by atoms with E-state index in [-0.39, 0.29) is 5.91 Å². The minimum absolute atomic E-state index is 0.192. The van der Waals surface area contributed by atoms with E-state index >= 15 is 0 Å². The lowest BCUT2D eigenvalue weighted by atomic mass is 10.1. The molecule has 0 saturated heterocycles. The number of rotatable bonds is 3. The number of anilines is 1. The first-order valence-electron chi connectivity index (χ1n) is 6.37. The summed E-state index contributed by atoms with van der Waals surface area (Å²) in [5.74, 6) is -0.192. The number of carbonyl (C=O) groups excluding carboxylic acids is 1. The van der Waals surface area contributed by atoms with E-state index in [0.717, 1.165) is 16.6 Å². The second-order valence-electron chi connectivity index (χ2n) is 4.43. The predicted molar refractivity (Wildman–Crippen MR) is 80.2 cm³/mol. The molecule has 1 N–H and O–H groups in total. The SMILES string of the molecule is CCc1cccc2sc(NC(=O)c3ccnn3C)nc12. The summed E-state index contributed by atoms with van der Waals surface area (Å²) in [7, 11) is 1.74. The van der Waals surface area contributed by atoms with Gasteiger partial charge >= 0.3 is 0 Å². The van der Waals surface area contributed by atoms with Crippen LogP contribution in [0.5, 0.6) is 0 Å². The number of aryl methyl sites for hydroxylation is 2. The van der Waals surface area contributed by atoms with Gasteiger partial charge in [0, 0.05) is 13.2 Å². The van der Waals surface area contributed by atoms with E-state index in [1.807, 2.05) is 12.1 Å². The molecule has 0 fully saturated rings. The molecule has 2 aromatic heterocycles. The fourth-order valence-corrected chi connectivity index (χ4v) is 3.01. The Labute approximate surface area is 120 Å². The van der Waals surface area contributed by atoms with E-state index in [0.29, 0.717) is 10.8 Å². The van der Waals surface area contributed by atoms with E-state index in [2.05, 4.69) is 28.4 Å². The van der Waals surface area contributed by atoms with Gasteiger partial charge in [0.25, 0.3) is 5.91 Å². The lowest BCUT2D eigenvalue weighted by Gasteiger charge is -2.01. The zero-order chi connectivity index (χ0) is 14.1. The molecule has 0 saturated carbocycles. The molecule has 3 aromatic rings. The maximum Gasteiger partial charge on any atom is 0.275 e. The van der Waals surface area contributed by atoms with Crippen LogP contribution in [-0.2, 0) is 13.5 Å². The van der Waals surface area contributed by atoms with Gasteiger partial charge in [-0.3, -0.25) is 14.8 Å². The van der Waals surface area contributed by atoms with Crippen LogP contribution in [0.4, 0.5) is 5.13 Å². The van der Waals surface area contributed by atoms with Crippen molar-refractivity contribution in [1.29, 1.82) is 0 Å². The first-order valence-corrected chi connectivity index (χ1v) is 7.18. The number of hydrogen-bond donors (Lipinski definition) is 1. The van der Waals surface area contributed by atoms with Gasteiger partial charge in [0.05, 0.1) is 10.2 Å². The van der Waals surface area contributed by atoms with Gasteiger partial charge < -0.3 is 0 Å². The van der Waals surface area contributed by atoms with E-state index < -0.39 is 0 Å². The summed E-state index contributed by atoms with van der Waals surface area (Å²) in [5.41, 5.74) is 2.68. The summed E-state index contributed by atoms with van der Waals surface area (Å²) in [6.45, 7) is 2.10. The second kappa shape index (κ2) is 5.05. The molecule has 0 aliphatic rings. The van der Waals surface area contributed by atoms with Gasteiger partial charge in [-0.25, -0.2) is 4.98 Å². The molecule has 2 heterocycles. The molecule has 1 amide bonds. The summed E-state index contributed by atoms with van der Waals surface area (Å²) in [6, 6.07) is 7.78. The van der Waals surface area contributed by atoms with Gasteiger partial charge in [-0.05, 0) is 24.1 Å². The average Bonchev–Trinajstić information content (AvgIpc) is 3.03. The lowest BCUT2D eigenvalue weighted by molar-refractivity contribution is 0.101. The van der Waals surface area contributed by atoms with Crippen LogP contribution in [0.1, 0.15) is 23.0 Å². The summed E-state index contributed by atoms with van der Waals surface area (Å²) >= 11 is 1.49. The predicted octanol–water partition coefficient (Wildman–Crippen LogP) is 2.84. The molecule has 6 heteroatoms. The average molecular weight is 286 g/mol. The number of fused-ring (bicyclic) bond motifs is 1. The molecule has 0 atom stereocenters.